The number of amides is 1. The minimum absolute atomic E-state index is 0.193. The van der Waals surface area contributed by atoms with Crippen LogP contribution in [0.4, 0.5) is 0 Å². The van der Waals surface area contributed by atoms with E-state index in [-0.39, 0.29) is 11.3 Å². The van der Waals surface area contributed by atoms with Gasteiger partial charge < -0.3 is 21.1 Å². The van der Waals surface area contributed by atoms with E-state index in [0.717, 1.165) is 43.8 Å². The topological polar surface area (TPSA) is 81.6 Å². The van der Waals surface area contributed by atoms with E-state index in [2.05, 4.69) is 4.90 Å². The van der Waals surface area contributed by atoms with Gasteiger partial charge in [0.25, 0.3) is 0 Å². The highest BCUT2D eigenvalue weighted by Crippen LogP contribution is 2.29. The summed E-state index contributed by atoms with van der Waals surface area (Å²) in [5, 5.41) is 0. The number of nitrogens with zero attached hydrogens (tertiary/aromatic N) is 1. The first-order valence-electron chi connectivity index (χ1n) is 7.47. The van der Waals surface area contributed by atoms with E-state index < -0.39 is 0 Å². The highest BCUT2D eigenvalue weighted by Gasteiger charge is 2.38. The molecule has 0 saturated carbocycles. The molecule has 1 atom stereocenters. The Morgan fingerprint density at radius 2 is 2.10 bits per heavy atom. The number of hydrogen-bond donors (Lipinski definition) is 2. The fourth-order valence-electron chi connectivity index (χ4n) is 2.65. The van der Waals surface area contributed by atoms with Crippen molar-refractivity contribution in [1.82, 2.24) is 4.90 Å². The molecule has 0 bridgehead atoms. The van der Waals surface area contributed by atoms with Crippen LogP contribution in [0.2, 0.25) is 0 Å². The molecule has 116 valence electrons. The van der Waals surface area contributed by atoms with Gasteiger partial charge in [0.2, 0.25) is 5.91 Å². The van der Waals surface area contributed by atoms with Gasteiger partial charge in [0.1, 0.15) is 5.75 Å². The molecule has 0 aliphatic carbocycles. The third-order valence-electron chi connectivity index (χ3n) is 4.19. The second-order valence-corrected chi connectivity index (χ2v) is 6.00. The van der Waals surface area contributed by atoms with Crippen molar-refractivity contribution in [3.8, 4) is 5.75 Å². The van der Waals surface area contributed by atoms with Crippen molar-refractivity contribution in [2.45, 2.75) is 26.3 Å². The molecule has 2 rings (SSSR count). The smallest absolute Gasteiger partial charge is 0.224 e. The van der Waals surface area contributed by atoms with Gasteiger partial charge in [-0.1, -0.05) is 12.1 Å². The van der Waals surface area contributed by atoms with Crippen molar-refractivity contribution in [1.29, 1.82) is 0 Å². The SMILES string of the molecule is CC1(C(N)=O)CCN(CCCOc2ccc(CN)cc2)C1. The van der Waals surface area contributed by atoms with Crippen LogP contribution in [0.5, 0.6) is 5.75 Å². The predicted molar refractivity (Wildman–Crippen MR) is 82.8 cm³/mol. The van der Waals surface area contributed by atoms with Crippen molar-refractivity contribution >= 4 is 5.91 Å². The third-order valence-corrected chi connectivity index (χ3v) is 4.19. The number of hydrogen-bond acceptors (Lipinski definition) is 4. The summed E-state index contributed by atoms with van der Waals surface area (Å²) >= 11 is 0. The third kappa shape index (κ3) is 4.19. The van der Waals surface area contributed by atoms with Crippen LogP contribution in [0.1, 0.15) is 25.3 Å². The Morgan fingerprint density at radius 1 is 1.38 bits per heavy atom. The fourth-order valence-corrected chi connectivity index (χ4v) is 2.65. The molecule has 1 aliphatic heterocycles. The molecular formula is C16H25N3O2. The number of carbonyl (C=O) groups excluding carboxylic acids is 1. The van der Waals surface area contributed by atoms with Gasteiger partial charge in [-0.05, 0) is 44.0 Å². The number of ether oxygens (including phenoxy) is 1. The van der Waals surface area contributed by atoms with Crippen LogP contribution in [0.15, 0.2) is 24.3 Å². The van der Waals surface area contributed by atoms with Crippen molar-refractivity contribution < 1.29 is 9.53 Å². The number of nitrogens with two attached hydrogens (primary N) is 2. The molecule has 4 N–H and O–H groups in total. The van der Waals surface area contributed by atoms with E-state index in [1.165, 1.54) is 0 Å². The van der Waals surface area contributed by atoms with Crippen LogP contribution in [-0.2, 0) is 11.3 Å². The summed E-state index contributed by atoms with van der Waals surface area (Å²) in [5.74, 6) is 0.678. The van der Waals surface area contributed by atoms with Crippen LogP contribution in [0.25, 0.3) is 0 Å². The summed E-state index contributed by atoms with van der Waals surface area (Å²) in [6.07, 6.45) is 1.79. The van der Waals surface area contributed by atoms with Crippen molar-refractivity contribution in [3.05, 3.63) is 29.8 Å². The maximum Gasteiger partial charge on any atom is 0.224 e. The molecule has 21 heavy (non-hydrogen) atoms. The van der Waals surface area contributed by atoms with Gasteiger partial charge in [0.05, 0.1) is 12.0 Å². The quantitative estimate of drug-likeness (QED) is 0.737. The second kappa shape index (κ2) is 6.91. The molecule has 1 unspecified atom stereocenters. The molecule has 1 aliphatic rings. The zero-order valence-corrected chi connectivity index (χ0v) is 12.7. The summed E-state index contributed by atoms with van der Waals surface area (Å²) in [6, 6.07) is 7.85. The Balaban J connectivity index is 1.67. The molecule has 1 saturated heterocycles. The Kier molecular flexibility index (Phi) is 5.20. The van der Waals surface area contributed by atoms with E-state index in [9.17, 15) is 4.79 Å². The van der Waals surface area contributed by atoms with E-state index in [0.29, 0.717) is 13.2 Å². The van der Waals surface area contributed by atoms with Gasteiger partial charge in [-0.25, -0.2) is 0 Å². The van der Waals surface area contributed by atoms with Crippen molar-refractivity contribution in [2.24, 2.45) is 16.9 Å². The number of rotatable bonds is 7. The molecular weight excluding hydrogens is 266 g/mol. The molecule has 0 aromatic heterocycles. The molecule has 1 aromatic rings. The minimum atomic E-state index is -0.362. The molecule has 0 radical (unpaired) electrons. The van der Waals surface area contributed by atoms with Gasteiger partial charge in [-0.2, -0.15) is 0 Å². The molecule has 5 nitrogen and oxygen atoms in total. The zero-order valence-electron chi connectivity index (χ0n) is 12.7. The first-order chi connectivity index (χ1) is 10.0. The number of benzene rings is 1. The van der Waals surface area contributed by atoms with Gasteiger partial charge in [0, 0.05) is 19.6 Å². The van der Waals surface area contributed by atoms with Gasteiger partial charge in [0.15, 0.2) is 0 Å². The van der Waals surface area contributed by atoms with Crippen molar-refractivity contribution in [3.63, 3.8) is 0 Å². The first kappa shape index (κ1) is 15.8. The average molecular weight is 291 g/mol. The summed E-state index contributed by atoms with van der Waals surface area (Å²) in [7, 11) is 0. The summed E-state index contributed by atoms with van der Waals surface area (Å²) in [4.78, 5) is 13.7. The van der Waals surface area contributed by atoms with Gasteiger partial charge in [-0.15, -0.1) is 0 Å². The van der Waals surface area contributed by atoms with E-state index in [4.69, 9.17) is 16.2 Å². The highest BCUT2D eigenvalue weighted by atomic mass is 16.5. The van der Waals surface area contributed by atoms with Crippen LogP contribution in [0.3, 0.4) is 0 Å². The number of carbonyl (C=O) groups is 1. The highest BCUT2D eigenvalue weighted by molar-refractivity contribution is 5.81. The molecule has 5 heteroatoms. The first-order valence-corrected chi connectivity index (χ1v) is 7.47. The summed E-state index contributed by atoms with van der Waals surface area (Å²) < 4.78 is 5.71. The van der Waals surface area contributed by atoms with Crippen molar-refractivity contribution in [2.75, 3.05) is 26.2 Å². The van der Waals surface area contributed by atoms with E-state index >= 15 is 0 Å². The molecule has 1 amide bonds. The Labute approximate surface area is 126 Å². The van der Waals surface area contributed by atoms with E-state index in [1.807, 2.05) is 31.2 Å². The van der Waals surface area contributed by atoms with Crippen LogP contribution >= 0.6 is 0 Å². The average Bonchev–Trinajstić information content (AvgIpc) is 2.87. The largest absolute Gasteiger partial charge is 0.494 e. The standard InChI is InChI=1S/C16H25N3O2/c1-16(15(18)20)7-9-19(12-16)8-2-10-21-14-5-3-13(11-17)4-6-14/h3-6H,2,7-12,17H2,1H3,(H2,18,20). The van der Waals surface area contributed by atoms with Crippen LogP contribution in [0, 0.1) is 5.41 Å². The molecule has 1 heterocycles. The van der Waals surface area contributed by atoms with Gasteiger partial charge >= 0.3 is 0 Å². The predicted octanol–water partition coefficient (Wildman–Crippen LogP) is 1.11. The normalized spacial score (nSPS) is 22.4. The lowest BCUT2D eigenvalue weighted by atomic mass is 9.89. The lowest BCUT2D eigenvalue weighted by Crippen LogP contribution is -2.37. The lowest BCUT2D eigenvalue weighted by molar-refractivity contribution is -0.126. The van der Waals surface area contributed by atoms with Crippen LogP contribution < -0.4 is 16.2 Å². The summed E-state index contributed by atoms with van der Waals surface area (Å²) in [6.45, 7) is 5.80. The van der Waals surface area contributed by atoms with Gasteiger partial charge in [-0.3, -0.25) is 4.79 Å². The monoisotopic (exact) mass is 291 g/mol. The Bertz CT molecular complexity index is 475. The Hall–Kier alpha value is -1.59. The molecule has 1 fully saturated rings. The maximum atomic E-state index is 11.4. The zero-order chi connectivity index (χ0) is 15.3. The number of primary amides is 1. The van der Waals surface area contributed by atoms with E-state index in [1.54, 1.807) is 0 Å². The number of likely N-dealkylation sites (tertiary alicyclic amines) is 1. The van der Waals surface area contributed by atoms with Crippen LogP contribution in [-0.4, -0.2) is 37.0 Å². The summed E-state index contributed by atoms with van der Waals surface area (Å²) in [5.41, 5.74) is 11.7. The fraction of sp³-hybridized carbons (Fsp3) is 0.562. The molecule has 1 aromatic carbocycles. The maximum absolute atomic E-state index is 11.4. The Morgan fingerprint density at radius 3 is 2.67 bits per heavy atom. The minimum Gasteiger partial charge on any atom is -0.494 e. The lowest BCUT2D eigenvalue weighted by Gasteiger charge is -2.20. The molecule has 0 spiro atoms. The second-order valence-electron chi connectivity index (χ2n) is 6.00.